The van der Waals surface area contributed by atoms with Crippen molar-refractivity contribution in [2.24, 2.45) is 0 Å². The van der Waals surface area contributed by atoms with E-state index in [-0.39, 0.29) is 24.8 Å². The molecular formula is C11H20N2O4. The van der Waals surface area contributed by atoms with Crippen molar-refractivity contribution in [3.05, 3.63) is 0 Å². The minimum atomic E-state index is -0.260. The van der Waals surface area contributed by atoms with E-state index in [4.69, 9.17) is 14.6 Å². The first-order chi connectivity index (χ1) is 8.20. The van der Waals surface area contributed by atoms with Crippen LogP contribution in [0.1, 0.15) is 6.92 Å². The van der Waals surface area contributed by atoms with E-state index < -0.39 is 0 Å². The van der Waals surface area contributed by atoms with E-state index in [0.717, 1.165) is 0 Å². The maximum atomic E-state index is 12.2. The van der Waals surface area contributed by atoms with Crippen molar-refractivity contribution < 1.29 is 19.4 Å². The van der Waals surface area contributed by atoms with Crippen molar-refractivity contribution in [2.75, 3.05) is 46.0 Å². The molecule has 0 aromatic heterocycles. The Kier molecular flexibility index (Phi) is 4.20. The molecular weight excluding hydrogens is 224 g/mol. The first kappa shape index (κ1) is 12.6. The Labute approximate surface area is 101 Å². The largest absolute Gasteiger partial charge is 0.394 e. The highest BCUT2D eigenvalue weighted by molar-refractivity contribution is 5.74. The lowest BCUT2D eigenvalue weighted by atomic mass is 10.2. The maximum Gasteiger partial charge on any atom is 0.320 e. The summed E-state index contributed by atoms with van der Waals surface area (Å²) in [7, 11) is 0. The van der Waals surface area contributed by atoms with E-state index in [2.05, 4.69) is 0 Å². The quantitative estimate of drug-likeness (QED) is 0.677. The Morgan fingerprint density at radius 3 is 2.65 bits per heavy atom. The summed E-state index contributed by atoms with van der Waals surface area (Å²) in [4.78, 5) is 15.8. The third-order valence-corrected chi connectivity index (χ3v) is 3.08. The number of ether oxygens (including phenoxy) is 2. The Morgan fingerprint density at radius 1 is 1.29 bits per heavy atom. The highest BCUT2D eigenvalue weighted by Gasteiger charge is 2.31. The molecule has 2 atom stereocenters. The number of carbonyl (C=O) groups is 1. The summed E-state index contributed by atoms with van der Waals surface area (Å²) in [6.07, 6.45) is -0.283. The second-order valence-corrected chi connectivity index (χ2v) is 4.54. The van der Waals surface area contributed by atoms with E-state index >= 15 is 0 Å². The zero-order valence-corrected chi connectivity index (χ0v) is 10.2. The topological polar surface area (TPSA) is 62.2 Å². The van der Waals surface area contributed by atoms with Crippen LogP contribution in [0, 0.1) is 0 Å². The SMILES string of the molecule is CC1CN(C(=O)N2CCOCC2)CC(CO)O1. The van der Waals surface area contributed by atoms with Gasteiger partial charge >= 0.3 is 6.03 Å². The van der Waals surface area contributed by atoms with E-state index in [1.54, 1.807) is 9.80 Å². The molecule has 0 radical (unpaired) electrons. The Hall–Kier alpha value is -0.850. The maximum absolute atomic E-state index is 12.2. The highest BCUT2D eigenvalue weighted by Crippen LogP contribution is 2.13. The van der Waals surface area contributed by atoms with Gasteiger partial charge in [-0.3, -0.25) is 0 Å². The van der Waals surface area contributed by atoms with Crippen LogP contribution in [-0.4, -0.2) is 79.1 Å². The van der Waals surface area contributed by atoms with Crippen LogP contribution < -0.4 is 0 Å². The van der Waals surface area contributed by atoms with Crippen LogP contribution in [0.2, 0.25) is 0 Å². The molecule has 17 heavy (non-hydrogen) atoms. The minimum Gasteiger partial charge on any atom is -0.394 e. The Morgan fingerprint density at radius 2 is 2.00 bits per heavy atom. The Balaban J connectivity index is 1.93. The van der Waals surface area contributed by atoms with E-state index in [1.807, 2.05) is 6.92 Å². The molecule has 0 aliphatic carbocycles. The summed E-state index contributed by atoms with van der Waals surface area (Å²) in [6.45, 7) is 5.44. The summed E-state index contributed by atoms with van der Waals surface area (Å²) >= 11 is 0. The van der Waals surface area contributed by atoms with Gasteiger partial charge in [-0.2, -0.15) is 0 Å². The molecule has 2 saturated heterocycles. The molecule has 0 aromatic carbocycles. The summed E-state index contributed by atoms with van der Waals surface area (Å²) in [6, 6.07) is 0.0295. The molecule has 2 unspecified atom stereocenters. The zero-order chi connectivity index (χ0) is 12.3. The lowest BCUT2D eigenvalue weighted by molar-refractivity contribution is -0.0877. The predicted octanol–water partition coefficient (Wildman–Crippen LogP) is -0.480. The van der Waals surface area contributed by atoms with Crippen molar-refractivity contribution in [2.45, 2.75) is 19.1 Å². The van der Waals surface area contributed by atoms with Gasteiger partial charge in [-0.25, -0.2) is 4.79 Å². The number of aliphatic hydroxyl groups is 1. The normalized spacial score (nSPS) is 30.5. The molecule has 2 heterocycles. The van der Waals surface area contributed by atoms with E-state index in [9.17, 15) is 4.79 Å². The minimum absolute atomic E-state index is 0.0223. The monoisotopic (exact) mass is 244 g/mol. The number of nitrogens with zero attached hydrogens (tertiary/aromatic N) is 2. The fourth-order valence-electron chi connectivity index (χ4n) is 2.26. The number of carbonyl (C=O) groups excluding carboxylic acids is 1. The lowest BCUT2D eigenvalue weighted by Gasteiger charge is -2.39. The van der Waals surface area contributed by atoms with Crippen LogP contribution in [0.4, 0.5) is 4.79 Å². The van der Waals surface area contributed by atoms with Crippen molar-refractivity contribution in [1.82, 2.24) is 9.80 Å². The van der Waals surface area contributed by atoms with Gasteiger partial charge in [0.1, 0.15) is 0 Å². The summed E-state index contributed by atoms with van der Waals surface area (Å²) < 4.78 is 10.7. The molecule has 0 spiro atoms. The smallest absolute Gasteiger partial charge is 0.320 e. The number of hydrogen-bond acceptors (Lipinski definition) is 4. The summed E-state index contributed by atoms with van der Waals surface area (Å²) in [5.74, 6) is 0. The molecule has 2 aliphatic heterocycles. The number of urea groups is 1. The molecule has 6 heteroatoms. The van der Waals surface area contributed by atoms with E-state index in [1.165, 1.54) is 0 Å². The predicted molar refractivity (Wildman–Crippen MR) is 60.8 cm³/mol. The molecule has 0 aromatic rings. The standard InChI is InChI=1S/C11H20N2O4/c1-9-6-13(7-10(8-14)17-9)11(15)12-2-4-16-5-3-12/h9-10,14H,2-8H2,1H3. The van der Waals surface area contributed by atoms with Crippen molar-refractivity contribution in [1.29, 1.82) is 0 Å². The zero-order valence-electron chi connectivity index (χ0n) is 10.2. The van der Waals surface area contributed by atoms with E-state index in [0.29, 0.717) is 39.4 Å². The molecule has 0 bridgehead atoms. The third-order valence-electron chi connectivity index (χ3n) is 3.08. The van der Waals surface area contributed by atoms with Gasteiger partial charge in [0.05, 0.1) is 38.6 Å². The second-order valence-electron chi connectivity index (χ2n) is 4.54. The van der Waals surface area contributed by atoms with Gasteiger partial charge in [0.25, 0.3) is 0 Å². The number of hydrogen-bond donors (Lipinski definition) is 1. The molecule has 2 amide bonds. The van der Waals surface area contributed by atoms with Crippen LogP contribution in [0.25, 0.3) is 0 Å². The number of aliphatic hydroxyl groups excluding tert-OH is 1. The van der Waals surface area contributed by atoms with Gasteiger partial charge in [0.2, 0.25) is 0 Å². The average Bonchev–Trinajstić information content (AvgIpc) is 2.38. The van der Waals surface area contributed by atoms with Crippen molar-refractivity contribution in [3.8, 4) is 0 Å². The molecule has 6 nitrogen and oxygen atoms in total. The first-order valence-corrected chi connectivity index (χ1v) is 6.08. The van der Waals surface area contributed by atoms with Gasteiger partial charge in [0, 0.05) is 19.6 Å². The molecule has 0 saturated carbocycles. The van der Waals surface area contributed by atoms with Crippen molar-refractivity contribution >= 4 is 6.03 Å². The summed E-state index contributed by atoms with van der Waals surface area (Å²) in [5.41, 5.74) is 0. The lowest BCUT2D eigenvalue weighted by Crippen LogP contribution is -2.56. The van der Waals surface area contributed by atoms with Crippen LogP contribution in [0.3, 0.4) is 0 Å². The molecule has 98 valence electrons. The molecule has 1 N–H and O–H groups in total. The van der Waals surface area contributed by atoms with Gasteiger partial charge in [0.15, 0.2) is 0 Å². The fourth-order valence-corrected chi connectivity index (χ4v) is 2.26. The van der Waals surface area contributed by atoms with Gasteiger partial charge in [-0.15, -0.1) is 0 Å². The van der Waals surface area contributed by atoms with Gasteiger partial charge in [-0.05, 0) is 6.92 Å². The Bertz CT molecular complexity index is 268. The van der Waals surface area contributed by atoms with Gasteiger partial charge in [-0.1, -0.05) is 0 Å². The third kappa shape index (κ3) is 3.08. The number of morpholine rings is 2. The number of amides is 2. The van der Waals surface area contributed by atoms with Crippen LogP contribution in [-0.2, 0) is 9.47 Å². The highest BCUT2D eigenvalue weighted by atomic mass is 16.5. The first-order valence-electron chi connectivity index (χ1n) is 6.08. The average molecular weight is 244 g/mol. The van der Waals surface area contributed by atoms with Crippen LogP contribution in [0.5, 0.6) is 0 Å². The summed E-state index contributed by atoms with van der Waals surface area (Å²) in [5, 5.41) is 9.12. The molecule has 2 aliphatic rings. The fraction of sp³-hybridized carbons (Fsp3) is 0.909. The number of rotatable bonds is 1. The second kappa shape index (κ2) is 5.66. The van der Waals surface area contributed by atoms with Crippen molar-refractivity contribution in [3.63, 3.8) is 0 Å². The van der Waals surface area contributed by atoms with Crippen LogP contribution in [0.15, 0.2) is 0 Å². The molecule has 2 fully saturated rings. The van der Waals surface area contributed by atoms with Gasteiger partial charge < -0.3 is 24.4 Å². The molecule has 2 rings (SSSR count). The van der Waals surface area contributed by atoms with Crippen LogP contribution >= 0.6 is 0 Å².